The van der Waals surface area contributed by atoms with E-state index >= 15 is 0 Å². The molecule has 200 valence electrons. The number of rotatable bonds is 8. The highest BCUT2D eigenvalue weighted by Gasteiger charge is 2.24. The van der Waals surface area contributed by atoms with Crippen LogP contribution in [0.2, 0.25) is 0 Å². The Labute approximate surface area is 225 Å². The number of hydrogen-bond acceptors (Lipinski definition) is 6. The van der Waals surface area contributed by atoms with Gasteiger partial charge in [0, 0.05) is 42.6 Å². The molecule has 2 heterocycles. The number of nitrogens with one attached hydrogen (secondary N) is 1. The Morgan fingerprint density at radius 1 is 1.05 bits per heavy atom. The van der Waals surface area contributed by atoms with Crippen LogP contribution in [0.3, 0.4) is 0 Å². The first kappa shape index (κ1) is 27.4. The molecular weight excluding hydrogens is 478 g/mol. The highest BCUT2D eigenvalue weighted by molar-refractivity contribution is 6.01. The van der Waals surface area contributed by atoms with E-state index in [1.54, 1.807) is 6.07 Å². The third kappa shape index (κ3) is 7.25. The second-order valence-corrected chi connectivity index (χ2v) is 11.3. The molecular formula is C31H37N3O4. The first-order valence-corrected chi connectivity index (χ1v) is 13.1. The lowest BCUT2D eigenvalue weighted by Crippen LogP contribution is -2.45. The van der Waals surface area contributed by atoms with Crippen molar-refractivity contribution >= 4 is 28.4 Å². The Morgan fingerprint density at radius 2 is 1.76 bits per heavy atom. The number of amides is 1. The highest BCUT2D eigenvalue weighted by Crippen LogP contribution is 2.29. The van der Waals surface area contributed by atoms with Crippen LogP contribution in [0.1, 0.15) is 46.8 Å². The number of carbonyl (C=O) groups excluding carboxylic acids is 1. The molecule has 7 heteroatoms. The summed E-state index contributed by atoms with van der Waals surface area (Å²) in [5.41, 5.74) is 1.35. The standard InChI is InChI=1S/C31H37N3O4/c1-30(2,3)37-15-12-31(4,5)33-29(35)25(21-32)20-27-10-11-28(38-27)24-7-6-23-19-26(9-8-22(23)18-24)34-13-16-36-17-14-34/h6-11,18-20H,12-17H2,1-5H3,(H,33,35)/b25-20+. The molecule has 2 aromatic carbocycles. The number of nitriles is 1. The summed E-state index contributed by atoms with van der Waals surface area (Å²) < 4.78 is 17.2. The Morgan fingerprint density at radius 3 is 2.47 bits per heavy atom. The zero-order valence-corrected chi connectivity index (χ0v) is 23.0. The number of furan rings is 1. The van der Waals surface area contributed by atoms with Crippen molar-refractivity contribution in [2.24, 2.45) is 0 Å². The first-order chi connectivity index (χ1) is 18.0. The molecule has 1 aromatic heterocycles. The number of ether oxygens (including phenoxy) is 2. The van der Waals surface area contributed by atoms with Crippen LogP contribution in [-0.4, -0.2) is 50.0 Å². The van der Waals surface area contributed by atoms with Crippen LogP contribution in [0.25, 0.3) is 28.2 Å². The molecule has 4 rings (SSSR count). The Bertz CT molecular complexity index is 1350. The summed E-state index contributed by atoms with van der Waals surface area (Å²) in [6.07, 6.45) is 2.10. The fourth-order valence-corrected chi connectivity index (χ4v) is 4.33. The summed E-state index contributed by atoms with van der Waals surface area (Å²) in [5, 5.41) is 14.8. The molecule has 1 amide bonds. The lowest BCUT2D eigenvalue weighted by Gasteiger charge is -2.29. The van der Waals surface area contributed by atoms with Crippen molar-refractivity contribution in [2.45, 2.75) is 52.2 Å². The van der Waals surface area contributed by atoms with E-state index in [0.717, 1.165) is 42.6 Å². The maximum atomic E-state index is 12.8. The van der Waals surface area contributed by atoms with Gasteiger partial charge in [-0.15, -0.1) is 0 Å². The summed E-state index contributed by atoms with van der Waals surface area (Å²) in [4.78, 5) is 15.2. The Kier molecular flexibility index (Phi) is 8.25. The van der Waals surface area contributed by atoms with Crippen LogP contribution in [-0.2, 0) is 14.3 Å². The highest BCUT2D eigenvalue weighted by atomic mass is 16.5. The minimum atomic E-state index is -0.528. The molecule has 7 nitrogen and oxygen atoms in total. The maximum absolute atomic E-state index is 12.8. The minimum Gasteiger partial charge on any atom is -0.457 e. The molecule has 0 saturated carbocycles. The fraction of sp³-hybridized carbons (Fsp3) is 0.419. The number of carbonyl (C=O) groups is 1. The third-order valence-corrected chi connectivity index (χ3v) is 6.48. The van der Waals surface area contributed by atoms with Crippen LogP contribution in [0.4, 0.5) is 5.69 Å². The van der Waals surface area contributed by atoms with Crippen molar-refractivity contribution in [3.8, 4) is 17.4 Å². The van der Waals surface area contributed by atoms with Gasteiger partial charge in [0.1, 0.15) is 23.2 Å². The van der Waals surface area contributed by atoms with Crippen molar-refractivity contribution in [2.75, 3.05) is 37.8 Å². The van der Waals surface area contributed by atoms with Crippen molar-refractivity contribution in [1.29, 1.82) is 5.26 Å². The van der Waals surface area contributed by atoms with Crippen molar-refractivity contribution < 1.29 is 18.7 Å². The lowest BCUT2D eigenvalue weighted by molar-refractivity contribution is -0.118. The van der Waals surface area contributed by atoms with E-state index in [0.29, 0.717) is 24.5 Å². The number of fused-ring (bicyclic) bond motifs is 1. The van der Waals surface area contributed by atoms with E-state index in [2.05, 4.69) is 40.5 Å². The van der Waals surface area contributed by atoms with Gasteiger partial charge in [0.2, 0.25) is 0 Å². The van der Waals surface area contributed by atoms with Gasteiger partial charge in [-0.2, -0.15) is 5.26 Å². The monoisotopic (exact) mass is 515 g/mol. The SMILES string of the molecule is CC(C)(CCOC(C)(C)C)NC(=O)/C(C#N)=C/c1ccc(-c2ccc3cc(N4CCOCC4)ccc3c2)o1. The molecule has 1 N–H and O–H groups in total. The van der Waals surface area contributed by atoms with Gasteiger partial charge >= 0.3 is 0 Å². The summed E-state index contributed by atoms with van der Waals surface area (Å²) >= 11 is 0. The average Bonchev–Trinajstić information content (AvgIpc) is 3.34. The van der Waals surface area contributed by atoms with Crippen molar-refractivity contribution in [1.82, 2.24) is 5.32 Å². The van der Waals surface area contributed by atoms with Gasteiger partial charge in [-0.25, -0.2) is 0 Å². The second-order valence-electron chi connectivity index (χ2n) is 11.3. The van der Waals surface area contributed by atoms with Gasteiger partial charge in [0.05, 0.1) is 18.8 Å². The number of hydrogen-bond donors (Lipinski definition) is 1. The molecule has 0 radical (unpaired) electrons. The number of nitrogens with zero attached hydrogens (tertiary/aromatic N) is 2. The topological polar surface area (TPSA) is 87.7 Å². The van der Waals surface area contributed by atoms with E-state index in [1.807, 2.05) is 52.8 Å². The molecule has 1 fully saturated rings. The van der Waals surface area contributed by atoms with E-state index in [-0.39, 0.29) is 11.2 Å². The number of morpholine rings is 1. The largest absolute Gasteiger partial charge is 0.457 e. The third-order valence-electron chi connectivity index (χ3n) is 6.48. The quantitative estimate of drug-likeness (QED) is 0.295. The van der Waals surface area contributed by atoms with Crippen LogP contribution in [0, 0.1) is 11.3 Å². The summed E-state index contributed by atoms with van der Waals surface area (Å²) in [6.45, 7) is 13.6. The van der Waals surface area contributed by atoms with Gasteiger partial charge in [-0.3, -0.25) is 4.79 Å². The molecule has 0 unspecified atom stereocenters. The van der Waals surface area contributed by atoms with Gasteiger partial charge < -0.3 is 24.1 Å². The number of anilines is 1. The van der Waals surface area contributed by atoms with E-state index < -0.39 is 11.4 Å². The summed E-state index contributed by atoms with van der Waals surface area (Å²) in [5.74, 6) is 0.684. The lowest BCUT2D eigenvalue weighted by atomic mass is 10.00. The fourth-order valence-electron chi connectivity index (χ4n) is 4.33. The zero-order valence-electron chi connectivity index (χ0n) is 23.0. The van der Waals surface area contributed by atoms with E-state index in [1.165, 1.54) is 11.8 Å². The first-order valence-electron chi connectivity index (χ1n) is 13.1. The smallest absolute Gasteiger partial charge is 0.262 e. The molecule has 3 aromatic rings. The van der Waals surface area contributed by atoms with Crippen molar-refractivity contribution in [3.63, 3.8) is 0 Å². The van der Waals surface area contributed by atoms with Gasteiger partial charge in [-0.1, -0.05) is 18.2 Å². The Hall–Kier alpha value is -3.60. The maximum Gasteiger partial charge on any atom is 0.262 e. The molecule has 0 aliphatic carbocycles. The predicted molar refractivity (Wildman–Crippen MR) is 151 cm³/mol. The molecule has 1 aliphatic rings. The minimum absolute atomic E-state index is 0.00938. The van der Waals surface area contributed by atoms with Crippen LogP contribution in [0.15, 0.2) is 58.5 Å². The van der Waals surface area contributed by atoms with Gasteiger partial charge in [-0.05, 0) is 82.1 Å². The molecule has 1 aliphatic heterocycles. The molecule has 38 heavy (non-hydrogen) atoms. The molecule has 0 atom stereocenters. The zero-order chi connectivity index (χ0) is 27.3. The number of benzene rings is 2. The summed E-state index contributed by atoms with van der Waals surface area (Å²) in [6, 6.07) is 18.3. The second kappa shape index (κ2) is 11.4. The normalized spacial score (nSPS) is 14.9. The van der Waals surface area contributed by atoms with E-state index in [4.69, 9.17) is 13.9 Å². The average molecular weight is 516 g/mol. The van der Waals surface area contributed by atoms with Crippen LogP contribution < -0.4 is 10.2 Å². The molecule has 0 bridgehead atoms. The Balaban J connectivity index is 1.45. The van der Waals surface area contributed by atoms with Gasteiger partial charge in [0.15, 0.2) is 0 Å². The van der Waals surface area contributed by atoms with Crippen LogP contribution >= 0.6 is 0 Å². The van der Waals surface area contributed by atoms with Crippen molar-refractivity contribution in [3.05, 3.63) is 59.9 Å². The molecule has 1 saturated heterocycles. The van der Waals surface area contributed by atoms with E-state index in [9.17, 15) is 10.1 Å². The van der Waals surface area contributed by atoms with Gasteiger partial charge in [0.25, 0.3) is 5.91 Å². The predicted octanol–water partition coefficient (Wildman–Crippen LogP) is 5.94. The van der Waals surface area contributed by atoms with Crippen LogP contribution in [0.5, 0.6) is 0 Å². The summed E-state index contributed by atoms with van der Waals surface area (Å²) in [7, 11) is 0. The molecule has 0 spiro atoms.